The molecule has 6 nitrogen and oxygen atoms in total. The first-order chi connectivity index (χ1) is 14.9. The minimum absolute atomic E-state index is 0.0128. The number of carbonyl (C=O) groups excluding carboxylic acids is 1. The van der Waals surface area contributed by atoms with E-state index >= 15 is 0 Å². The molecule has 0 saturated heterocycles. The Morgan fingerprint density at radius 3 is 2.42 bits per heavy atom. The Bertz CT molecular complexity index is 1140. The summed E-state index contributed by atoms with van der Waals surface area (Å²) in [5.41, 5.74) is 0.549. The molecular weight excluding hydrogens is 421 g/mol. The summed E-state index contributed by atoms with van der Waals surface area (Å²) in [6.07, 6.45) is 4.28. The fraction of sp³-hybridized carbons (Fsp3) is 0.261. The number of halogens is 1. The van der Waals surface area contributed by atoms with Gasteiger partial charge in [0.15, 0.2) is 0 Å². The maximum atomic E-state index is 13.2. The second-order valence-electron chi connectivity index (χ2n) is 7.50. The molecule has 0 N–H and O–H groups in total. The summed E-state index contributed by atoms with van der Waals surface area (Å²) >= 11 is 0. The summed E-state index contributed by atoms with van der Waals surface area (Å²) in [5, 5.41) is 0. The van der Waals surface area contributed by atoms with Crippen LogP contribution < -0.4 is 4.18 Å². The fourth-order valence-electron chi connectivity index (χ4n) is 3.40. The number of furan rings is 1. The van der Waals surface area contributed by atoms with Crippen molar-refractivity contribution in [1.82, 2.24) is 4.90 Å². The van der Waals surface area contributed by atoms with Crippen molar-refractivity contribution in [1.29, 1.82) is 0 Å². The monoisotopic (exact) mass is 443 g/mol. The third-order valence-electron chi connectivity index (χ3n) is 5.33. The van der Waals surface area contributed by atoms with E-state index in [0.29, 0.717) is 11.3 Å². The molecule has 2 aromatic carbocycles. The van der Waals surface area contributed by atoms with Crippen LogP contribution >= 0.6 is 0 Å². The maximum Gasteiger partial charge on any atom is 0.339 e. The molecule has 3 aromatic rings. The van der Waals surface area contributed by atoms with Crippen molar-refractivity contribution in [3.05, 3.63) is 84.1 Å². The lowest BCUT2D eigenvalue weighted by Crippen LogP contribution is -2.38. The van der Waals surface area contributed by atoms with E-state index in [1.807, 2.05) is 0 Å². The highest BCUT2D eigenvalue weighted by atomic mass is 32.2. The lowest BCUT2D eigenvalue weighted by molar-refractivity contribution is -0.139. The molecule has 31 heavy (non-hydrogen) atoms. The van der Waals surface area contributed by atoms with Crippen LogP contribution in [0.15, 0.2) is 76.2 Å². The number of nitrogens with zero attached hydrogens (tertiary/aromatic N) is 1. The van der Waals surface area contributed by atoms with Gasteiger partial charge in [-0.1, -0.05) is 24.6 Å². The Morgan fingerprint density at radius 2 is 1.77 bits per heavy atom. The molecule has 1 amide bonds. The van der Waals surface area contributed by atoms with Crippen LogP contribution in [0.3, 0.4) is 0 Å². The van der Waals surface area contributed by atoms with Crippen LogP contribution in [0, 0.1) is 11.7 Å². The SMILES string of the molecule is O=C(C1CCC1)N(Cc1ccco1)Cc1ccccc1OS(=O)(=O)c1ccc(F)cc1. The van der Waals surface area contributed by atoms with Gasteiger partial charge in [0.2, 0.25) is 5.91 Å². The third kappa shape index (κ3) is 4.96. The predicted octanol–water partition coefficient (Wildman–Crippen LogP) is 4.52. The molecule has 0 bridgehead atoms. The van der Waals surface area contributed by atoms with Crippen LogP contribution in [-0.4, -0.2) is 19.2 Å². The second-order valence-corrected chi connectivity index (χ2v) is 9.05. The summed E-state index contributed by atoms with van der Waals surface area (Å²) in [6.45, 7) is 0.451. The van der Waals surface area contributed by atoms with E-state index in [0.717, 1.165) is 43.5 Å². The maximum absolute atomic E-state index is 13.2. The van der Waals surface area contributed by atoms with Crippen molar-refractivity contribution in [3.8, 4) is 5.75 Å². The van der Waals surface area contributed by atoms with Crippen LogP contribution in [0.5, 0.6) is 5.75 Å². The number of carbonyl (C=O) groups is 1. The van der Waals surface area contributed by atoms with Crippen LogP contribution in [0.25, 0.3) is 0 Å². The lowest BCUT2D eigenvalue weighted by atomic mass is 9.84. The van der Waals surface area contributed by atoms with Crippen LogP contribution in [0.1, 0.15) is 30.6 Å². The molecule has 1 aromatic heterocycles. The fourth-order valence-corrected chi connectivity index (χ4v) is 4.37. The van der Waals surface area contributed by atoms with Crippen molar-refractivity contribution in [3.63, 3.8) is 0 Å². The standard InChI is InChI=1S/C23H22FNO5S/c24-19-10-12-21(13-11-19)31(27,28)30-22-9-2-1-5-18(22)15-25(16-20-8-4-14-29-20)23(26)17-6-3-7-17/h1-2,4-5,8-14,17H,3,6-7,15-16H2. The van der Waals surface area contributed by atoms with Crippen molar-refractivity contribution in [2.75, 3.05) is 0 Å². The van der Waals surface area contributed by atoms with E-state index in [1.165, 1.54) is 6.07 Å². The van der Waals surface area contributed by atoms with E-state index in [1.54, 1.807) is 41.5 Å². The molecule has 0 unspecified atom stereocenters. The van der Waals surface area contributed by atoms with Gasteiger partial charge in [0.05, 0.1) is 12.8 Å². The predicted molar refractivity (Wildman–Crippen MR) is 111 cm³/mol. The largest absolute Gasteiger partial charge is 0.467 e. The third-order valence-corrected chi connectivity index (χ3v) is 6.58. The minimum atomic E-state index is -4.16. The lowest BCUT2D eigenvalue weighted by Gasteiger charge is -2.31. The molecule has 1 saturated carbocycles. The van der Waals surface area contributed by atoms with E-state index in [2.05, 4.69) is 0 Å². The molecule has 0 aliphatic heterocycles. The van der Waals surface area contributed by atoms with Gasteiger partial charge in [-0.25, -0.2) is 4.39 Å². The summed E-state index contributed by atoms with van der Waals surface area (Å²) in [4.78, 5) is 14.5. The summed E-state index contributed by atoms with van der Waals surface area (Å²) in [5.74, 6) is 0.218. The van der Waals surface area contributed by atoms with Gasteiger partial charge in [-0.15, -0.1) is 0 Å². The highest BCUT2D eigenvalue weighted by Gasteiger charge is 2.30. The first-order valence-corrected chi connectivity index (χ1v) is 11.4. The Kier molecular flexibility index (Phi) is 6.08. The van der Waals surface area contributed by atoms with Gasteiger partial charge in [-0.3, -0.25) is 4.79 Å². The van der Waals surface area contributed by atoms with Crippen molar-refractivity contribution in [2.45, 2.75) is 37.2 Å². The normalized spacial score (nSPS) is 14.1. The highest BCUT2D eigenvalue weighted by Crippen LogP contribution is 2.31. The minimum Gasteiger partial charge on any atom is -0.467 e. The highest BCUT2D eigenvalue weighted by molar-refractivity contribution is 7.87. The van der Waals surface area contributed by atoms with E-state index in [4.69, 9.17) is 8.60 Å². The smallest absolute Gasteiger partial charge is 0.339 e. The van der Waals surface area contributed by atoms with Crippen molar-refractivity contribution in [2.24, 2.45) is 5.92 Å². The topological polar surface area (TPSA) is 76.8 Å². The quantitative estimate of drug-likeness (QED) is 0.479. The summed E-state index contributed by atoms with van der Waals surface area (Å²) in [6, 6.07) is 14.6. The Balaban J connectivity index is 1.58. The van der Waals surface area contributed by atoms with E-state index < -0.39 is 15.9 Å². The number of benzene rings is 2. The van der Waals surface area contributed by atoms with Crippen LogP contribution in [-0.2, 0) is 28.0 Å². The van der Waals surface area contributed by atoms with Gasteiger partial charge in [0.1, 0.15) is 22.2 Å². The van der Waals surface area contributed by atoms with Gasteiger partial charge in [-0.2, -0.15) is 8.42 Å². The molecule has 162 valence electrons. The van der Waals surface area contributed by atoms with E-state index in [9.17, 15) is 17.6 Å². The van der Waals surface area contributed by atoms with Gasteiger partial charge < -0.3 is 13.5 Å². The second kappa shape index (κ2) is 8.93. The Morgan fingerprint density at radius 1 is 1.03 bits per heavy atom. The van der Waals surface area contributed by atoms with Gasteiger partial charge in [0.25, 0.3) is 0 Å². The molecule has 1 fully saturated rings. The molecule has 1 heterocycles. The zero-order valence-electron chi connectivity index (χ0n) is 16.7. The van der Waals surface area contributed by atoms with Gasteiger partial charge in [0, 0.05) is 18.0 Å². The average Bonchev–Trinajstić information content (AvgIpc) is 3.21. The summed E-state index contributed by atoms with van der Waals surface area (Å²) < 4.78 is 49.3. The number of hydrogen-bond donors (Lipinski definition) is 0. The molecule has 0 radical (unpaired) electrons. The van der Waals surface area contributed by atoms with Crippen LogP contribution in [0.4, 0.5) is 4.39 Å². The molecule has 8 heteroatoms. The number of rotatable bonds is 8. The van der Waals surface area contributed by atoms with Gasteiger partial charge >= 0.3 is 10.1 Å². The summed E-state index contributed by atoms with van der Waals surface area (Å²) in [7, 11) is -4.16. The Labute approximate surface area is 180 Å². The molecule has 1 aliphatic rings. The first-order valence-electron chi connectivity index (χ1n) is 10.0. The number of hydrogen-bond acceptors (Lipinski definition) is 5. The zero-order valence-corrected chi connectivity index (χ0v) is 17.6. The zero-order chi connectivity index (χ0) is 21.8. The van der Waals surface area contributed by atoms with Crippen LogP contribution in [0.2, 0.25) is 0 Å². The molecule has 0 spiro atoms. The first kappa shape index (κ1) is 21.1. The van der Waals surface area contributed by atoms with Gasteiger partial charge in [-0.05, 0) is 55.3 Å². The number of amides is 1. The molecular formula is C23H22FNO5S. The molecule has 1 aliphatic carbocycles. The molecule has 0 atom stereocenters. The van der Waals surface area contributed by atoms with E-state index in [-0.39, 0.29) is 35.6 Å². The molecule has 4 rings (SSSR count). The van der Waals surface area contributed by atoms with Crippen molar-refractivity contribution < 1.29 is 26.2 Å². The number of para-hydroxylation sites is 1. The Hall–Kier alpha value is -3.13. The van der Waals surface area contributed by atoms with Crippen molar-refractivity contribution >= 4 is 16.0 Å². The average molecular weight is 443 g/mol.